The van der Waals surface area contributed by atoms with Crippen molar-refractivity contribution in [1.82, 2.24) is 14.3 Å². The molecule has 0 spiro atoms. The molecule has 0 atom stereocenters. The Labute approximate surface area is 164 Å². The number of anilines is 1. The molecule has 2 fully saturated rings. The number of nitrogens with one attached hydrogen (secondary N) is 1. The zero-order valence-electron chi connectivity index (χ0n) is 15.8. The van der Waals surface area contributed by atoms with Gasteiger partial charge in [0.2, 0.25) is 26.0 Å². The number of carbonyl (C=O) groups is 1. The molecule has 12 heteroatoms. The van der Waals surface area contributed by atoms with Gasteiger partial charge in [-0.25, -0.2) is 31.1 Å². The highest BCUT2D eigenvalue weighted by molar-refractivity contribution is 7.93. The molecule has 1 saturated heterocycles. The number of nitrogens with zero attached hydrogens (tertiary/aromatic N) is 3. The average molecular weight is 433 g/mol. The molecule has 1 aliphatic heterocycles. The maximum atomic E-state index is 12.8. The van der Waals surface area contributed by atoms with E-state index in [4.69, 9.17) is 4.74 Å². The van der Waals surface area contributed by atoms with E-state index in [2.05, 4.69) is 14.7 Å². The standard InChI is InChI=1S/C16H24N4O6S2/c1-3-26-14(21)16(7-10-20(11-8-16)27(2,22)23)13-6-9-17-15(18-13)19-28(24,25)12-4-5-12/h6,9,12H,3-5,7-8,10-11H2,1-2H3,(H,17,18,19). The summed E-state index contributed by atoms with van der Waals surface area (Å²) in [5.41, 5.74) is -0.831. The smallest absolute Gasteiger partial charge is 0.318 e. The molecule has 1 aromatic heterocycles. The van der Waals surface area contributed by atoms with Gasteiger partial charge in [-0.15, -0.1) is 0 Å². The predicted octanol–water partition coefficient (Wildman–Crippen LogP) is 0.237. The zero-order chi connectivity index (χ0) is 20.6. The van der Waals surface area contributed by atoms with Gasteiger partial charge in [-0.2, -0.15) is 0 Å². The van der Waals surface area contributed by atoms with Crippen LogP contribution in [0.4, 0.5) is 5.95 Å². The first-order chi connectivity index (χ1) is 13.1. The van der Waals surface area contributed by atoms with E-state index in [1.54, 1.807) is 13.0 Å². The molecular formula is C16H24N4O6S2. The zero-order valence-corrected chi connectivity index (χ0v) is 17.4. The van der Waals surface area contributed by atoms with E-state index in [-0.39, 0.29) is 38.5 Å². The van der Waals surface area contributed by atoms with Crippen LogP contribution in [0.1, 0.15) is 38.3 Å². The molecule has 0 amide bonds. The second kappa shape index (κ2) is 7.56. The minimum Gasteiger partial charge on any atom is -0.465 e. The summed E-state index contributed by atoms with van der Waals surface area (Å²) in [5, 5.41) is -0.434. The number of carbonyl (C=O) groups excluding carboxylic acids is 1. The van der Waals surface area contributed by atoms with E-state index in [0.29, 0.717) is 18.5 Å². The van der Waals surface area contributed by atoms with Gasteiger partial charge >= 0.3 is 5.97 Å². The second-order valence-corrected chi connectivity index (χ2v) is 11.0. The van der Waals surface area contributed by atoms with E-state index in [1.165, 1.54) is 10.5 Å². The second-order valence-electron chi connectivity index (χ2n) is 7.08. The summed E-state index contributed by atoms with van der Waals surface area (Å²) in [6, 6.07) is 1.54. The fourth-order valence-electron chi connectivity index (χ4n) is 3.30. The van der Waals surface area contributed by atoms with Crippen LogP contribution < -0.4 is 4.72 Å². The molecule has 1 N–H and O–H groups in total. The summed E-state index contributed by atoms with van der Waals surface area (Å²) in [4.78, 5) is 21.0. The van der Waals surface area contributed by atoms with Crippen LogP contribution in [-0.2, 0) is 35.0 Å². The number of hydrogen-bond donors (Lipinski definition) is 1. The van der Waals surface area contributed by atoms with E-state index in [1.807, 2.05) is 0 Å². The number of esters is 1. The van der Waals surface area contributed by atoms with Crippen molar-refractivity contribution in [2.24, 2.45) is 0 Å². The van der Waals surface area contributed by atoms with Crippen molar-refractivity contribution in [3.63, 3.8) is 0 Å². The van der Waals surface area contributed by atoms with Gasteiger partial charge in [0.15, 0.2) is 0 Å². The van der Waals surface area contributed by atoms with Gasteiger partial charge in [-0.05, 0) is 38.7 Å². The Balaban J connectivity index is 1.91. The summed E-state index contributed by atoms with van der Waals surface area (Å²) in [6.07, 6.45) is 4.08. The molecule has 0 bridgehead atoms. The number of aromatic nitrogens is 2. The number of piperidine rings is 1. The SMILES string of the molecule is CCOC(=O)C1(c2ccnc(NS(=O)(=O)C3CC3)n2)CCN(S(C)(=O)=O)CC1. The minimum atomic E-state index is -3.54. The molecule has 1 saturated carbocycles. The lowest BCUT2D eigenvalue weighted by atomic mass is 9.76. The quantitative estimate of drug-likeness (QED) is 0.605. The molecule has 1 aromatic rings. The third-order valence-corrected chi connectivity index (χ3v) is 8.17. The lowest BCUT2D eigenvalue weighted by molar-refractivity contribution is -0.152. The van der Waals surface area contributed by atoms with Gasteiger partial charge in [0.1, 0.15) is 5.41 Å². The van der Waals surface area contributed by atoms with Crippen LogP contribution in [0.15, 0.2) is 12.3 Å². The molecule has 3 rings (SSSR count). The molecule has 0 unspecified atom stereocenters. The maximum absolute atomic E-state index is 12.8. The van der Waals surface area contributed by atoms with Crippen molar-refractivity contribution >= 4 is 32.0 Å². The Hall–Kier alpha value is -1.79. The minimum absolute atomic E-state index is 0.0985. The van der Waals surface area contributed by atoms with Crippen LogP contribution in [-0.4, -0.2) is 68.3 Å². The van der Waals surface area contributed by atoms with Crippen LogP contribution in [0, 0.1) is 0 Å². The molecule has 2 aliphatic rings. The van der Waals surface area contributed by atoms with Crippen molar-refractivity contribution in [2.75, 3.05) is 30.7 Å². The summed E-state index contributed by atoms with van der Waals surface area (Å²) in [6.45, 7) is 2.14. The first kappa shape index (κ1) is 20.9. The van der Waals surface area contributed by atoms with Gasteiger partial charge in [0.05, 0.1) is 23.8 Å². The Kier molecular flexibility index (Phi) is 5.65. The Morgan fingerprint density at radius 3 is 2.46 bits per heavy atom. The summed E-state index contributed by atoms with van der Waals surface area (Å²) in [5.74, 6) is -0.600. The highest BCUT2D eigenvalue weighted by Crippen LogP contribution is 2.37. The van der Waals surface area contributed by atoms with Crippen molar-refractivity contribution in [3.05, 3.63) is 18.0 Å². The number of rotatable bonds is 7. The summed E-state index contributed by atoms with van der Waals surface area (Å²) >= 11 is 0. The lowest BCUT2D eigenvalue weighted by Gasteiger charge is -2.38. The number of ether oxygens (including phenoxy) is 1. The van der Waals surface area contributed by atoms with Crippen molar-refractivity contribution in [2.45, 2.75) is 43.3 Å². The van der Waals surface area contributed by atoms with E-state index < -0.39 is 36.7 Å². The van der Waals surface area contributed by atoms with Crippen molar-refractivity contribution in [1.29, 1.82) is 0 Å². The molecule has 10 nitrogen and oxygen atoms in total. The summed E-state index contributed by atoms with van der Waals surface area (Å²) < 4.78 is 56.9. The van der Waals surface area contributed by atoms with Crippen molar-refractivity contribution in [3.8, 4) is 0 Å². The Morgan fingerprint density at radius 1 is 1.29 bits per heavy atom. The Morgan fingerprint density at radius 2 is 1.93 bits per heavy atom. The lowest BCUT2D eigenvalue weighted by Crippen LogP contribution is -2.50. The van der Waals surface area contributed by atoms with Gasteiger partial charge in [0, 0.05) is 19.3 Å². The van der Waals surface area contributed by atoms with Gasteiger partial charge in [0.25, 0.3) is 0 Å². The van der Waals surface area contributed by atoms with E-state index in [0.717, 1.165) is 6.26 Å². The molecule has 1 aliphatic carbocycles. The molecule has 2 heterocycles. The third kappa shape index (κ3) is 4.28. The average Bonchev–Trinajstić information content (AvgIpc) is 3.47. The van der Waals surface area contributed by atoms with Gasteiger partial charge < -0.3 is 4.74 Å². The molecule has 0 aromatic carbocycles. The first-order valence-corrected chi connectivity index (χ1v) is 12.5. The first-order valence-electron chi connectivity index (χ1n) is 9.06. The number of hydrogen-bond acceptors (Lipinski definition) is 8. The van der Waals surface area contributed by atoms with E-state index >= 15 is 0 Å². The fourth-order valence-corrected chi connectivity index (χ4v) is 5.42. The normalized spacial score (nSPS) is 20.5. The summed E-state index contributed by atoms with van der Waals surface area (Å²) in [7, 11) is -6.92. The topological polar surface area (TPSA) is 136 Å². The molecule has 156 valence electrons. The molecular weight excluding hydrogens is 408 g/mol. The van der Waals surface area contributed by atoms with E-state index in [9.17, 15) is 21.6 Å². The van der Waals surface area contributed by atoms with Crippen LogP contribution in [0.25, 0.3) is 0 Å². The predicted molar refractivity (Wildman–Crippen MR) is 102 cm³/mol. The monoisotopic (exact) mass is 432 g/mol. The largest absolute Gasteiger partial charge is 0.465 e. The third-order valence-electron chi connectivity index (χ3n) is 5.05. The number of sulfonamides is 2. The molecule has 28 heavy (non-hydrogen) atoms. The van der Waals surface area contributed by atoms with Crippen LogP contribution in [0.2, 0.25) is 0 Å². The van der Waals surface area contributed by atoms with Crippen molar-refractivity contribution < 1.29 is 26.4 Å². The fraction of sp³-hybridized carbons (Fsp3) is 0.688. The van der Waals surface area contributed by atoms with Crippen LogP contribution in [0.3, 0.4) is 0 Å². The maximum Gasteiger partial charge on any atom is 0.318 e. The van der Waals surface area contributed by atoms with Gasteiger partial charge in [-0.3, -0.25) is 9.52 Å². The van der Waals surface area contributed by atoms with Crippen LogP contribution in [0.5, 0.6) is 0 Å². The highest BCUT2D eigenvalue weighted by atomic mass is 32.2. The van der Waals surface area contributed by atoms with Crippen LogP contribution >= 0.6 is 0 Å². The Bertz CT molecular complexity index is 951. The molecule has 0 radical (unpaired) electrons. The van der Waals surface area contributed by atoms with Gasteiger partial charge in [-0.1, -0.05) is 0 Å². The highest BCUT2D eigenvalue weighted by Gasteiger charge is 2.47.